The first-order chi connectivity index (χ1) is 13.4. The van der Waals surface area contributed by atoms with E-state index in [0.717, 1.165) is 25.2 Å². The van der Waals surface area contributed by atoms with E-state index in [-0.39, 0.29) is 0 Å². The van der Waals surface area contributed by atoms with Gasteiger partial charge in [0.15, 0.2) is 0 Å². The molecule has 0 aliphatic heterocycles. The molecule has 0 rings (SSSR count). The van der Waals surface area contributed by atoms with Crippen molar-refractivity contribution in [3.63, 3.8) is 0 Å². The summed E-state index contributed by atoms with van der Waals surface area (Å²) in [4.78, 5) is 3.20. The van der Waals surface area contributed by atoms with Gasteiger partial charge < -0.3 is 36.8 Å². The van der Waals surface area contributed by atoms with Gasteiger partial charge in [-0.25, -0.2) is 0 Å². The quantitative estimate of drug-likeness (QED) is 0.243. The van der Waals surface area contributed by atoms with E-state index in [9.17, 15) is 0 Å². The minimum atomic E-state index is -2.75. The maximum Gasteiger partial charge on any atom is 0.528 e. The lowest BCUT2D eigenvalue weighted by Crippen LogP contribution is -2.49. The molecule has 11 heteroatoms. The van der Waals surface area contributed by atoms with Gasteiger partial charge in [-0.1, -0.05) is 0 Å². The molecule has 0 radical (unpaired) electrons. The Bertz CT molecular complexity index is 400. The summed E-state index contributed by atoms with van der Waals surface area (Å²) in [5.41, 5.74) is 0. The second-order valence-electron chi connectivity index (χ2n) is 6.37. The summed E-state index contributed by atoms with van der Waals surface area (Å²) in [7, 11) is 3.04. The summed E-state index contributed by atoms with van der Waals surface area (Å²) < 4.78 is 34.7. The first-order valence-corrected chi connectivity index (χ1v) is 15.4. The molecule has 0 aromatic heterocycles. The van der Waals surface area contributed by atoms with Gasteiger partial charge in [-0.15, -0.1) is 0 Å². The van der Waals surface area contributed by atoms with Gasteiger partial charge in [0.25, 0.3) is 0 Å². The zero-order valence-electron chi connectivity index (χ0n) is 19.1. The highest BCUT2D eigenvalue weighted by Crippen LogP contribution is 2.18. The van der Waals surface area contributed by atoms with Crippen molar-refractivity contribution in [1.29, 1.82) is 0 Å². The average molecular weight is 455 g/mol. The SMILES string of the molecule is CCO[Si](CCCNC[SiH2]C(=CN(C)C)[Si](OC)(OC)OC)(OCC)OCC. The van der Waals surface area contributed by atoms with Gasteiger partial charge >= 0.3 is 17.6 Å². The van der Waals surface area contributed by atoms with Crippen molar-refractivity contribution in [2.24, 2.45) is 0 Å². The highest BCUT2D eigenvalue weighted by Gasteiger charge is 2.43. The van der Waals surface area contributed by atoms with Gasteiger partial charge in [0.2, 0.25) is 0 Å². The van der Waals surface area contributed by atoms with Crippen LogP contribution < -0.4 is 5.32 Å². The number of nitrogens with zero attached hydrogens (tertiary/aromatic N) is 1. The molecule has 0 heterocycles. The molecule has 28 heavy (non-hydrogen) atoms. The highest BCUT2D eigenvalue weighted by molar-refractivity contribution is 6.83. The van der Waals surface area contributed by atoms with E-state index < -0.39 is 27.1 Å². The smallest absolute Gasteiger partial charge is 0.384 e. The van der Waals surface area contributed by atoms with Crippen LogP contribution in [0.1, 0.15) is 27.2 Å². The summed E-state index contributed by atoms with van der Waals surface area (Å²) in [6.07, 6.45) is 3.99. The molecular weight excluding hydrogens is 412 g/mol. The zero-order chi connectivity index (χ0) is 21.5. The molecule has 8 nitrogen and oxygen atoms in total. The van der Waals surface area contributed by atoms with Crippen molar-refractivity contribution in [2.75, 3.05) is 68.0 Å². The van der Waals surface area contributed by atoms with E-state index in [4.69, 9.17) is 26.6 Å². The molecule has 0 aliphatic rings. The molecule has 0 aliphatic carbocycles. The van der Waals surface area contributed by atoms with Crippen LogP contribution in [0.15, 0.2) is 11.0 Å². The largest absolute Gasteiger partial charge is 0.528 e. The van der Waals surface area contributed by atoms with Crippen LogP contribution in [0.2, 0.25) is 6.04 Å². The molecule has 0 fully saturated rings. The minimum Gasteiger partial charge on any atom is -0.384 e. The van der Waals surface area contributed by atoms with Crippen LogP contribution in [0.25, 0.3) is 0 Å². The van der Waals surface area contributed by atoms with Gasteiger partial charge in [0.1, 0.15) is 0 Å². The molecule has 0 saturated carbocycles. The van der Waals surface area contributed by atoms with E-state index in [1.54, 1.807) is 21.3 Å². The Morgan fingerprint density at radius 2 is 1.43 bits per heavy atom. The van der Waals surface area contributed by atoms with Crippen molar-refractivity contribution >= 4 is 27.1 Å². The van der Waals surface area contributed by atoms with Gasteiger partial charge in [0, 0.05) is 61.3 Å². The lowest BCUT2D eigenvalue weighted by molar-refractivity contribution is 0.0708. The molecule has 168 valence electrons. The molecule has 0 bridgehead atoms. The van der Waals surface area contributed by atoms with Gasteiger partial charge in [-0.3, -0.25) is 0 Å². The van der Waals surface area contributed by atoms with Crippen molar-refractivity contribution in [1.82, 2.24) is 10.2 Å². The maximum absolute atomic E-state index is 5.90. The molecule has 0 unspecified atom stereocenters. The predicted molar refractivity (Wildman–Crippen MR) is 120 cm³/mol. The van der Waals surface area contributed by atoms with E-state index >= 15 is 0 Å². The molecule has 0 amide bonds. The minimum absolute atomic E-state index is 0.614. The van der Waals surface area contributed by atoms with Crippen LogP contribution in [0, 0.1) is 0 Å². The van der Waals surface area contributed by atoms with Crippen LogP contribution in [-0.4, -0.2) is 100.0 Å². The summed E-state index contributed by atoms with van der Waals surface area (Å²) >= 11 is 0. The fourth-order valence-electron chi connectivity index (χ4n) is 3.03. The normalized spacial score (nSPS) is 13.6. The monoisotopic (exact) mass is 454 g/mol. The van der Waals surface area contributed by atoms with Gasteiger partial charge in [0.05, 0.1) is 9.52 Å². The molecule has 0 saturated heterocycles. The Labute approximate surface area is 176 Å². The van der Waals surface area contributed by atoms with Crippen LogP contribution in [0.5, 0.6) is 0 Å². The Morgan fingerprint density at radius 1 is 0.929 bits per heavy atom. The molecule has 0 spiro atoms. The maximum atomic E-state index is 5.90. The van der Waals surface area contributed by atoms with E-state index in [1.807, 2.05) is 39.8 Å². The third-order valence-corrected chi connectivity index (χ3v) is 13.2. The topological polar surface area (TPSA) is 70.7 Å². The van der Waals surface area contributed by atoms with E-state index in [0.29, 0.717) is 19.8 Å². The standard InChI is InChI=1S/C17H42N2O6Si3/c1-9-23-27(24-10-2,25-11-3)14-12-13-18-16-26-17(15-19(4)5)28(20-6,21-7)22-8/h15,18H,9-14,16,26H2,1-8H3. The van der Waals surface area contributed by atoms with Crippen molar-refractivity contribution < 1.29 is 26.6 Å². The van der Waals surface area contributed by atoms with E-state index in [1.165, 1.54) is 4.82 Å². The Balaban J connectivity index is 4.64. The van der Waals surface area contributed by atoms with Crippen molar-refractivity contribution in [3.05, 3.63) is 11.0 Å². The lowest BCUT2D eigenvalue weighted by atomic mass is 10.5. The number of hydrogen-bond acceptors (Lipinski definition) is 8. The lowest BCUT2D eigenvalue weighted by Gasteiger charge is -2.29. The van der Waals surface area contributed by atoms with Crippen LogP contribution in [0.3, 0.4) is 0 Å². The van der Waals surface area contributed by atoms with Gasteiger partial charge in [-0.2, -0.15) is 0 Å². The first kappa shape index (κ1) is 27.9. The zero-order valence-corrected chi connectivity index (χ0v) is 22.5. The average Bonchev–Trinajstić information content (AvgIpc) is 2.66. The number of hydrogen-bond donors (Lipinski definition) is 1. The summed E-state index contributed by atoms with van der Waals surface area (Å²) in [6.45, 7) is 8.69. The number of rotatable bonds is 18. The first-order valence-electron chi connectivity index (χ1n) is 10.0. The Hall–Kier alpha value is -0.0894. The van der Waals surface area contributed by atoms with Crippen molar-refractivity contribution in [3.8, 4) is 0 Å². The second-order valence-corrected chi connectivity index (χ2v) is 14.6. The molecule has 0 aromatic carbocycles. The molecular formula is C17H42N2O6Si3. The Morgan fingerprint density at radius 3 is 1.82 bits per heavy atom. The summed E-state index contributed by atoms with van der Waals surface area (Å²) in [5.74, 6) is 0. The second kappa shape index (κ2) is 15.7. The molecule has 0 aromatic rings. The molecule has 0 atom stereocenters. The fraction of sp³-hybridized carbons (Fsp3) is 0.882. The van der Waals surface area contributed by atoms with Crippen molar-refractivity contribution in [2.45, 2.75) is 33.2 Å². The third-order valence-electron chi connectivity index (χ3n) is 4.11. The molecule has 1 N–H and O–H groups in total. The highest BCUT2D eigenvalue weighted by atomic mass is 28.4. The fourth-order valence-corrected chi connectivity index (χ4v) is 11.4. The van der Waals surface area contributed by atoms with E-state index in [2.05, 4.69) is 11.5 Å². The van der Waals surface area contributed by atoms with Crippen LogP contribution in [0.4, 0.5) is 0 Å². The number of nitrogens with one attached hydrogen (secondary N) is 1. The predicted octanol–water partition coefficient (Wildman–Crippen LogP) is 0.961. The van der Waals surface area contributed by atoms with Gasteiger partial charge in [-0.05, 0) is 50.9 Å². The van der Waals surface area contributed by atoms with Crippen LogP contribution >= 0.6 is 0 Å². The summed E-state index contributed by atoms with van der Waals surface area (Å²) in [6, 6.07) is 0.824. The van der Waals surface area contributed by atoms with Crippen LogP contribution in [-0.2, 0) is 26.6 Å². The summed E-state index contributed by atoms with van der Waals surface area (Å²) in [5, 5.41) is 3.55. The Kier molecular flexibility index (Phi) is 15.7. The third kappa shape index (κ3) is 9.61.